The van der Waals surface area contributed by atoms with Crippen molar-refractivity contribution >= 4 is 31.2 Å². The zero-order valence-corrected chi connectivity index (χ0v) is 6.88. The van der Waals surface area contributed by atoms with Crippen LogP contribution in [-0.4, -0.2) is 16.0 Å². The van der Waals surface area contributed by atoms with Gasteiger partial charge in [0.25, 0.3) is 0 Å². The molecule has 1 fully saturated rings. The molecule has 0 aromatic rings. The Balaban J connectivity index is 2.58. The SMILES string of the molecule is CC[C@@H]1NC(=O)C1(S)S. The van der Waals surface area contributed by atoms with Crippen LogP contribution >= 0.6 is 25.3 Å². The number of rotatable bonds is 1. The summed E-state index contributed by atoms with van der Waals surface area (Å²) in [5.74, 6) is -0.0824. The third kappa shape index (κ3) is 0.942. The van der Waals surface area contributed by atoms with E-state index in [9.17, 15) is 4.79 Å². The summed E-state index contributed by atoms with van der Waals surface area (Å²) in [4.78, 5) is 10.7. The molecule has 1 atom stereocenters. The van der Waals surface area contributed by atoms with E-state index in [0.717, 1.165) is 6.42 Å². The van der Waals surface area contributed by atoms with Crippen molar-refractivity contribution in [3.8, 4) is 0 Å². The molecule has 9 heavy (non-hydrogen) atoms. The van der Waals surface area contributed by atoms with Gasteiger partial charge in [0.05, 0.1) is 6.04 Å². The van der Waals surface area contributed by atoms with E-state index in [2.05, 4.69) is 30.6 Å². The van der Waals surface area contributed by atoms with Crippen molar-refractivity contribution in [1.82, 2.24) is 5.32 Å². The van der Waals surface area contributed by atoms with Gasteiger partial charge in [0.2, 0.25) is 5.91 Å². The van der Waals surface area contributed by atoms with Crippen LogP contribution in [0.25, 0.3) is 0 Å². The maximum absolute atomic E-state index is 10.7. The summed E-state index contributed by atoms with van der Waals surface area (Å²) in [6.45, 7) is 1.99. The second-order valence-corrected chi connectivity index (χ2v) is 3.92. The lowest BCUT2D eigenvalue weighted by molar-refractivity contribution is -0.128. The Labute approximate surface area is 65.2 Å². The molecule has 0 radical (unpaired) electrons. The monoisotopic (exact) mass is 163 g/mol. The van der Waals surface area contributed by atoms with Gasteiger partial charge in [0.1, 0.15) is 0 Å². The number of amides is 1. The Hall–Kier alpha value is 0.170. The first kappa shape index (κ1) is 7.28. The predicted molar refractivity (Wildman–Crippen MR) is 42.9 cm³/mol. The molecule has 1 aliphatic rings. The average Bonchev–Trinajstić information content (AvgIpc) is 1.82. The highest BCUT2D eigenvalue weighted by Gasteiger charge is 2.48. The second kappa shape index (κ2) is 2.09. The zero-order chi connectivity index (χ0) is 7.07. The van der Waals surface area contributed by atoms with Gasteiger partial charge in [-0.05, 0) is 6.42 Å². The molecule has 0 aromatic heterocycles. The van der Waals surface area contributed by atoms with Gasteiger partial charge in [-0.3, -0.25) is 4.79 Å². The zero-order valence-electron chi connectivity index (χ0n) is 5.09. The van der Waals surface area contributed by atoms with E-state index in [0.29, 0.717) is 0 Å². The van der Waals surface area contributed by atoms with Crippen molar-refractivity contribution in [1.29, 1.82) is 0 Å². The Bertz CT molecular complexity index is 146. The Morgan fingerprint density at radius 3 is 2.44 bits per heavy atom. The van der Waals surface area contributed by atoms with Crippen molar-refractivity contribution < 1.29 is 4.79 Å². The average molecular weight is 163 g/mol. The van der Waals surface area contributed by atoms with E-state index in [1.165, 1.54) is 0 Å². The van der Waals surface area contributed by atoms with Gasteiger partial charge in [0, 0.05) is 0 Å². The molecule has 1 aliphatic heterocycles. The Morgan fingerprint density at radius 1 is 1.78 bits per heavy atom. The molecule has 0 saturated carbocycles. The van der Waals surface area contributed by atoms with E-state index in [1.54, 1.807) is 0 Å². The van der Waals surface area contributed by atoms with Gasteiger partial charge < -0.3 is 5.32 Å². The van der Waals surface area contributed by atoms with Crippen LogP contribution < -0.4 is 5.32 Å². The molecule has 1 saturated heterocycles. The van der Waals surface area contributed by atoms with Crippen LogP contribution in [0.3, 0.4) is 0 Å². The molecule has 0 aliphatic carbocycles. The fourth-order valence-corrected chi connectivity index (χ4v) is 1.46. The minimum atomic E-state index is -0.714. The minimum Gasteiger partial charge on any atom is -0.349 e. The smallest absolute Gasteiger partial charge is 0.248 e. The topological polar surface area (TPSA) is 29.1 Å². The number of β-lactam (4-membered cyclic amide) rings is 1. The molecule has 0 bridgehead atoms. The number of hydrogen-bond donors (Lipinski definition) is 3. The quantitative estimate of drug-likeness (QED) is 0.292. The van der Waals surface area contributed by atoms with Gasteiger partial charge in [-0.25, -0.2) is 0 Å². The normalized spacial score (nSPS) is 31.0. The summed E-state index contributed by atoms with van der Waals surface area (Å²) in [6.07, 6.45) is 0.888. The maximum Gasteiger partial charge on any atom is 0.248 e. The summed E-state index contributed by atoms with van der Waals surface area (Å²) in [7, 11) is 0. The first-order valence-electron chi connectivity index (χ1n) is 2.84. The van der Waals surface area contributed by atoms with Crippen molar-refractivity contribution in [2.45, 2.75) is 23.5 Å². The number of carbonyl (C=O) groups is 1. The summed E-state index contributed by atoms with van der Waals surface area (Å²) < 4.78 is -0.714. The number of nitrogens with one attached hydrogen (secondary N) is 1. The lowest BCUT2D eigenvalue weighted by Gasteiger charge is -2.41. The van der Waals surface area contributed by atoms with Crippen LogP contribution in [0.4, 0.5) is 0 Å². The van der Waals surface area contributed by atoms with Crippen molar-refractivity contribution in [2.24, 2.45) is 0 Å². The van der Waals surface area contributed by atoms with Gasteiger partial charge >= 0.3 is 0 Å². The molecule has 1 N–H and O–H groups in total. The van der Waals surface area contributed by atoms with Crippen LogP contribution in [-0.2, 0) is 4.79 Å². The number of thiol groups is 2. The van der Waals surface area contributed by atoms with Crippen LogP contribution in [0.2, 0.25) is 0 Å². The molecule has 52 valence electrons. The molecule has 2 nitrogen and oxygen atoms in total. The van der Waals surface area contributed by atoms with Crippen LogP contribution in [0, 0.1) is 0 Å². The Kier molecular flexibility index (Phi) is 1.69. The lowest BCUT2D eigenvalue weighted by Crippen LogP contribution is -2.66. The fourth-order valence-electron chi connectivity index (χ4n) is 0.832. The molecular weight excluding hydrogens is 154 g/mol. The summed E-state index contributed by atoms with van der Waals surface area (Å²) in [5.41, 5.74) is 0. The molecule has 0 spiro atoms. The highest BCUT2D eigenvalue weighted by atomic mass is 32.2. The van der Waals surface area contributed by atoms with E-state index < -0.39 is 4.08 Å². The van der Waals surface area contributed by atoms with Crippen LogP contribution in [0.1, 0.15) is 13.3 Å². The van der Waals surface area contributed by atoms with E-state index >= 15 is 0 Å². The van der Waals surface area contributed by atoms with E-state index in [4.69, 9.17) is 0 Å². The Morgan fingerprint density at radius 2 is 2.33 bits per heavy atom. The summed E-state index contributed by atoms with van der Waals surface area (Å²) >= 11 is 8.13. The molecule has 1 heterocycles. The van der Waals surface area contributed by atoms with Crippen LogP contribution in [0.5, 0.6) is 0 Å². The van der Waals surface area contributed by atoms with E-state index in [1.807, 2.05) is 6.92 Å². The summed E-state index contributed by atoms with van der Waals surface area (Å²) in [5, 5.41) is 2.69. The molecule has 4 heteroatoms. The van der Waals surface area contributed by atoms with Crippen LogP contribution in [0.15, 0.2) is 0 Å². The third-order valence-electron chi connectivity index (χ3n) is 1.53. The maximum atomic E-state index is 10.7. The standard InChI is InChI=1S/C5H9NOS2/c1-2-3-5(8,9)4(7)6-3/h3,8-9H,2H2,1H3,(H,6,7)/t3-/m0/s1. The molecule has 0 unspecified atom stereocenters. The van der Waals surface area contributed by atoms with E-state index in [-0.39, 0.29) is 11.9 Å². The van der Waals surface area contributed by atoms with Gasteiger partial charge in [-0.1, -0.05) is 6.92 Å². The fraction of sp³-hybridized carbons (Fsp3) is 0.800. The first-order valence-corrected chi connectivity index (χ1v) is 3.74. The molecule has 1 amide bonds. The highest BCUT2D eigenvalue weighted by molar-refractivity contribution is 8.02. The first-order chi connectivity index (χ1) is 4.09. The highest BCUT2D eigenvalue weighted by Crippen LogP contribution is 2.33. The van der Waals surface area contributed by atoms with Gasteiger partial charge in [0.15, 0.2) is 4.08 Å². The number of carbonyl (C=O) groups excluding carboxylic acids is 1. The van der Waals surface area contributed by atoms with Crippen molar-refractivity contribution in [3.63, 3.8) is 0 Å². The molecule has 1 rings (SSSR count). The predicted octanol–water partition coefficient (Wildman–Crippen LogP) is 0.451. The van der Waals surface area contributed by atoms with Gasteiger partial charge in [-0.2, -0.15) is 25.3 Å². The summed E-state index contributed by atoms with van der Waals surface area (Å²) in [6, 6.07) is 0.136. The second-order valence-electron chi connectivity index (χ2n) is 2.16. The largest absolute Gasteiger partial charge is 0.349 e. The lowest BCUT2D eigenvalue weighted by atomic mass is 10.0. The van der Waals surface area contributed by atoms with Crippen molar-refractivity contribution in [3.05, 3.63) is 0 Å². The molecular formula is C5H9NOS2. The molecule has 0 aromatic carbocycles. The van der Waals surface area contributed by atoms with Gasteiger partial charge in [-0.15, -0.1) is 0 Å². The third-order valence-corrected chi connectivity index (χ3v) is 2.56. The number of hydrogen-bond acceptors (Lipinski definition) is 3. The minimum absolute atomic E-state index is 0.0824. The van der Waals surface area contributed by atoms with Crippen molar-refractivity contribution in [2.75, 3.05) is 0 Å².